The van der Waals surface area contributed by atoms with Gasteiger partial charge in [-0.2, -0.15) is 0 Å². The number of imide groups is 2. The zero-order valence-electron chi connectivity index (χ0n) is 21.6. The minimum atomic E-state index is -0.960. The van der Waals surface area contributed by atoms with E-state index in [0.29, 0.717) is 34.6 Å². The van der Waals surface area contributed by atoms with Gasteiger partial charge in [-0.15, -0.1) is 0 Å². The van der Waals surface area contributed by atoms with Crippen LogP contribution in [0.1, 0.15) is 21.5 Å². The lowest BCUT2D eigenvalue weighted by Crippen LogP contribution is -2.54. The van der Waals surface area contributed by atoms with Crippen molar-refractivity contribution in [3.8, 4) is 17.2 Å². The molecule has 1 saturated heterocycles. The van der Waals surface area contributed by atoms with Crippen LogP contribution in [0, 0.1) is 5.82 Å². The van der Waals surface area contributed by atoms with Crippen molar-refractivity contribution < 1.29 is 37.8 Å². The van der Waals surface area contributed by atoms with E-state index in [1.807, 2.05) is 6.07 Å². The number of methoxy groups -OCH3 is 1. The molecule has 0 saturated carbocycles. The van der Waals surface area contributed by atoms with Crippen LogP contribution in [0.3, 0.4) is 0 Å². The van der Waals surface area contributed by atoms with Crippen LogP contribution in [0.15, 0.2) is 66.2 Å². The monoisotopic (exact) mass is 545 g/mol. The Labute approximate surface area is 228 Å². The molecule has 40 heavy (non-hydrogen) atoms. The quantitative estimate of drug-likeness (QED) is 0.357. The summed E-state index contributed by atoms with van der Waals surface area (Å²) in [4.78, 5) is 54.0. The van der Waals surface area contributed by atoms with Gasteiger partial charge in [0.25, 0.3) is 17.7 Å². The molecule has 10 nitrogen and oxygen atoms in total. The van der Waals surface area contributed by atoms with Crippen molar-refractivity contribution in [3.05, 3.63) is 88.7 Å². The first-order valence-electron chi connectivity index (χ1n) is 12.3. The second kappa shape index (κ2) is 10.9. The number of ether oxygens (including phenoxy) is 3. The van der Waals surface area contributed by atoms with E-state index in [0.717, 1.165) is 17.0 Å². The van der Waals surface area contributed by atoms with E-state index in [-0.39, 0.29) is 36.3 Å². The molecule has 5 amide bonds. The van der Waals surface area contributed by atoms with E-state index in [2.05, 4.69) is 5.32 Å². The number of rotatable bonds is 7. The van der Waals surface area contributed by atoms with Crippen LogP contribution in [-0.4, -0.2) is 56.1 Å². The third-order valence-corrected chi connectivity index (χ3v) is 6.51. The summed E-state index contributed by atoms with van der Waals surface area (Å²) >= 11 is 0. The molecule has 1 N–H and O–H groups in total. The third kappa shape index (κ3) is 4.96. The smallest absolute Gasteiger partial charge is 0.335 e. The number of hydrogen-bond acceptors (Lipinski definition) is 7. The second-order valence-electron chi connectivity index (χ2n) is 8.99. The van der Waals surface area contributed by atoms with Gasteiger partial charge in [0.2, 0.25) is 12.5 Å². The van der Waals surface area contributed by atoms with Gasteiger partial charge in [-0.05, 0) is 60.5 Å². The number of barbiturate groups is 1. The van der Waals surface area contributed by atoms with Crippen molar-refractivity contribution in [2.45, 2.75) is 6.42 Å². The predicted molar refractivity (Wildman–Crippen MR) is 142 cm³/mol. The SMILES string of the molecule is COc1c(C=C2C(=O)NC(=O)N(c3ccc(F)cc3)C2=O)c(CCN(C)C(=O)c2ccccc2)cc2c1OCO2. The Hall–Kier alpha value is -5.19. The Kier molecular flexibility index (Phi) is 7.19. The van der Waals surface area contributed by atoms with Crippen molar-refractivity contribution in [1.29, 1.82) is 0 Å². The molecule has 0 spiro atoms. The van der Waals surface area contributed by atoms with Crippen LogP contribution in [-0.2, 0) is 16.0 Å². The Morgan fingerprint density at radius 3 is 2.52 bits per heavy atom. The second-order valence-corrected chi connectivity index (χ2v) is 8.99. The lowest BCUT2D eigenvalue weighted by Gasteiger charge is -2.26. The first-order chi connectivity index (χ1) is 19.3. The molecule has 204 valence electrons. The maximum absolute atomic E-state index is 13.5. The number of amides is 5. The molecule has 0 aromatic heterocycles. The fraction of sp³-hybridized carbons (Fsp3) is 0.172. The lowest BCUT2D eigenvalue weighted by atomic mass is 9.97. The molecule has 0 bridgehead atoms. The minimum absolute atomic E-state index is 0.0518. The molecular weight excluding hydrogens is 521 g/mol. The Morgan fingerprint density at radius 2 is 1.82 bits per heavy atom. The lowest BCUT2D eigenvalue weighted by molar-refractivity contribution is -0.122. The number of anilines is 1. The highest BCUT2D eigenvalue weighted by Crippen LogP contribution is 2.46. The molecule has 2 aliphatic rings. The number of carbonyl (C=O) groups excluding carboxylic acids is 4. The van der Waals surface area contributed by atoms with Crippen molar-refractivity contribution in [1.82, 2.24) is 10.2 Å². The highest BCUT2D eigenvalue weighted by atomic mass is 19.1. The van der Waals surface area contributed by atoms with Gasteiger partial charge < -0.3 is 19.1 Å². The summed E-state index contributed by atoms with van der Waals surface area (Å²) in [6, 6.07) is 14.3. The molecule has 5 rings (SSSR count). The number of carbonyl (C=O) groups is 4. The summed E-state index contributed by atoms with van der Waals surface area (Å²) in [5.74, 6) is -1.61. The number of hydrogen-bond donors (Lipinski definition) is 1. The van der Waals surface area contributed by atoms with Gasteiger partial charge in [0.15, 0.2) is 11.5 Å². The van der Waals surface area contributed by atoms with Crippen LogP contribution in [0.5, 0.6) is 17.2 Å². The van der Waals surface area contributed by atoms with Crippen LogP contribution >= 0.6 is 0 Å². The van der Waals surface area contributed by atoms with Crippen molar-refractivity contribution in [3.63, 3.8) is 0 Å². The number of benzene rings is 3. The van der Waals surface area contributed by atoms with Crippen LogP contribution < -0.4 is 24.4 Å². The van der Waals surface area contributed by atoms with Crippen molar-refractivity contribution in [2.24, 2.45) is 0 Å². The Balaban J connectivity index is 1.52. The van der Waals surface area contributed by atoms with Gasteiger partial charge in [-0.25, -0.2) is 14.1 Å². The summed E-state index contributed by atoms with van der Waals surface area (Å²) in [6.07, 6.45) is 1.62. The minimum Gasteiger partial charge on any atom is -0.492 e. The van der Waals surface area contributed by atoms with E-state index in [9.17, 15) is 23.6 Å². The molecule has 0 unspecified atom stereocenters. The number of urea groups is 1. The first kappa shape index (κ1) is 26.4. The number of likely N-dealkylation sites (N-methyl/N-ethyl adjacent to an activating group) is 1. The van der Waals surface area contributed by atoms with Crippen molar-refractivity contribution >= 4 is 35.5 Å². The predicted octanol–water partition coefficient (Wildman–Crippen LogP) is 3.54. The van der Waals surface area contributed by atoms with Crippen LogP contribution in [0.2, 0.25) is 0 Å². The van der Waals surface area contributed by atoms with E-state index in [4.69, 9.17) is 14.2 Å². The van der Waals surface area contributed by atoms with Gasteiger partial charge >= 0.3 is 6.03 Å². The van der Waals surface area contributed by atoms with Gasteiger partial charge in [0, 0.05) is 24.7 Å². The van der Waals surface area contributed by atoms with Crippen LogP contribution in [0.4, 0.5) is 14.9 Å². The molecule has 0 aliphatic carbocycles. The molecule has 3 aromatic carbocycles. The average Bonchev–Trinajstić information content (AvgIpc) is 3.43. The summed E-state index contributed by atoms with van der Waals surface area (Å²) in [7, 11) is 3.08. The molecule has 11 heteroatoms. The standard InChI is InChI=1S/C29H24FN3O7/c1-32(27(35)17-6-4-3-5-7-17)13-12-18-14-23-25(40-16-39-23)24(38-2)21(18)15-22-26(34)31-29(37)33(28(22)36)20-10-8-19(30)9-11-20/h3-11,14-15H,12-13,16H2,1-2H3,(H,31,34,37). The van der Waals surface area contributed by atoms with Gasteiger partial charge in [0.1, 0.15) is 11.4 Å². The topological polar surface area (TPSA) is 114 Å². The first-order valence-corrected chi connectivity index (χ1v) is 12.3. The maximum atomic E-state index is 13.5. The molecule has 1 fully saturated rings. The highest BCUT2D eigenvalue weighted by molar-refractivity contribution is 6.39. The Bertz CT molecular complexity index is 1540. The largest absolute Gasteiger partial charge is 0.492 e. The normalized spacial score (nSPS) is 15.3. The van der Waals surface area contributed by atoms with Gasteiger partial charge in [-0.3, -0.25) is 19.7 Å². The molecular formula is C29H24FN3O7. The van der Waals surface area contributed by atoms with Gasteiger partial charge in [0.05, 0.1) is 12.8 Å². The highest BCUT2D eigenvalue weighted by Gasteiger charge is 2.37. The molecule has 2 aliphatic heterocycles. The molecule has 0 radical (unpaired) electrons. The fourth-order valence-electron chi connectivity index (χ4n) is 4.46. The molecule has 2 heterocycles. The fourth-order valence-corrected chi connectivity index (χ4v) is 4.46. The van der Waals surface area contributed by atoms with E-state index < -0.39 is 23.7 Å². The summed E-state index contributed by atoms with van der Waals surface area (Å²) < 4.78 is 30.2. The third-order valence-electron chi connectivity index (χ3n) is 6.51. The van der Waals surface area contributed by atoms with Crippen LogP contribution in [0.25, 0.3) is 6.08 Å². The number of nitrogens with zero attached hydrogens (tertiary/aromatic N) is 2. The zero-order chi connectivity index (χ0) is 28.4. The molecule has 3 aromatic rings. The number of nitrogens with one attached hydrogen (secondary N) is 1. The van der Waals surface area contributed by atoms with Gasteiger partial charge in [-0.1, -0.05) is 18.2 Å². The van der Waals surface area contributed by atoms with E-state index in [1.54, 1.807) is 42.3 Å². The zero-order valence-corrected chi connectivity index (χ0v) is 21.6. The van der Waals surface area contributed by atoms with Crippen molar-refractivity contribution in [2.75, 3.05) is 32.4 Å². The van der Waals surface area contributed by atoms with E-state index >= 15 is 0 Å². The van der Waals surface area contributed by atoms with E-state index in [1.165, 1.54) is 25.3 Å². The number of fused-ring (bicyclic) bond motifs is 1. The summed E-state index contributed by atoms with van der Waals surface area (Å²) in [5, 5.41) is 2.15. The summed E-state index contributed by atoms with van der Waals surface area (Å²) in [6.45, 7) is 0.233. The molecule has 0 atom stereocenters. The number of halogens is 1. The maximum Gasteiger partial charge on any atom is 0.335 e. The summed E-state index contributed by atoms with van der Waals surface area (Å²) in [5.41, 5.74) is 1.22. The average molecular weight is 546 g/mol. The Morgan fingerprint density at radius 1 is 1.10 bits per heavy atom.